The number of carbonyl (C=O) groups is 2. The van der Waals surface area contributed by atoms with Gasteiger partial charge in [-0.05, 0) is 25.5 Å². The molecule has 3 rings (SSSR count). The highest BCUT2D eigenvalue weighted by Gasteiger charge is 2.41. The van der Waals surface area contributed by atoms with E-state index < -0.39 is 15.9 Å². The van der Waals surface area contributed by atoms with E-state index in [-0.39, 0.29) is 29.4 Å². The Morgan fingerprint density at radius 1 is 1.54 bits per heavy atom. The predicted octanol–water partition coefficient (Wildman–Crippen LogP) is 1.51. The van der Waals surface area contributed by atoms with E-state index in [4.69, 9.17) is 16.6 Å². The molecule has 2 aliphatic heterocycles. The highest BCUT2D eigenvalue weighted by molar-refractivity contribution is 8.26. The van der Waals surface area contributed by atoms with E-state index in [1.165, 1.54) is 16.1 Å². The maximum atomic E-state index is 12.8. The Kier molecular flexibility index (Phi) is 5.27. The zero-order chi connectivity index (χ0) is 19.1. The van der Waals surface area contributed by atoms with Crippen LogP contribution in [0, 0.1) is 0 Å². The largest absolute Gasteiger partial charge is 0.465 e. The molecule has 0 radical (unpaired) electrons. The number of sulfone groups is 1. The summed E-state index contributed by atoms with van der Waals surface area (Å²) < 4.78 is 28.8. The molecule has 1 aromatic heterocycles. The number of rotatable bonds is 4. The number of thiocarbonyl (C=S) groups is 1. The molecule has 2 aliphatic rings. The monoisotopic (exact) mass is 414 g/mol. The van der Waals surface area contributed by atoms with Gasteiger partial charge in [0, 0.05) is 19.2 Å². The van der Waals surface area contributed by atoms with Crippen molar-refractivity contribution in [3.8, 4) is 0 Å². The Bertz CT molecular complexity index is 876. The van der Waals surface area contributed by atoms with E-state index in [2.05, 4.69) is 0 Å². The van der Waals surface area contributed by atoms with Crippen LogP contribution in [0.15, 0.2) is 27.7 Å². The summed E-state index contributed by atoms with van der Waals surface area (Å²) in [4.78, 5) is 28.5. The van der Waals surface area contributed by atoms with Crippen LogP contribution in [0.3, 0.4) is 0 Å². The first-order chi connectivity index (χ1) is 12.2. The highest BCUT2D eigenvalue weighted by Crippen LogP contribution is 2.34. The first-order valence-corrected chi connectivity index (χ1v) is 11.0. The molecule has 1 aromatic rings. The second kappa shape index (κ2) is 7.16. The standard InChI is InChI=1S/C16H18N2O5S3/c1-10(14(19)17(2)11-5-7-26(21,22)9-11)18-15(20)13(25-16(18)24)8-12-4-3-6-23-12/h3-4,6,8,10-11H,5,7,9H2,1-2H3. The van der Waals surface area contributed by atoms with Gasteiger partial charge in [0.15, 0.2) is 9.84 Å². The highest BCUT2D eigenvalue weighted by atomic mass is 32.2. The first kappa shape index (κ1) is 19.1. The molecule has 2 atom stereocenters. The van der Waals surface area contributed by atoms with Gasteiger partial charge in [0.2, 0.25) is 5.91 Å². The molecule has 0 bridgehead atoms. The number of carbonyl (C=O) groups excluding carboxylic acids is 2. The van der Waals surface area contributed by atoms with Gasteiger partial charge in [-0.15, -0.1) is 0 Å². The lowest BCUT2D eigenvalue weighted by Crippen LogP contribution is -2.50. The van der Waals surface area contributed by atoms with Crippen LogP contribution >= 0.6 is 24.0 Å². The molecule has 140 valence electrons. The van der Waals surface area contributed by atoms with Gasteiger partial charge in [-0.3, -0.25) is 14.5 Å². The lowest BCUT2D eigenvalue weighted by Gasteiger charge is -2.30. The Labute approximate surface area is 161 Å². The number of hydrogen-bond acceptors (Lipinski definition) is 7. The average Bonchev–Trinajstić information content (AvgIpc) is 3.27. The fourth-order valence-corrected chi connectivity index (χ4v) is 6.16. The van der Waals surface area contributed by atoms with E-state index in [9.17, 15) is 18.0 Å². The number of likely N-dealkylation sites (N-methyl/N-ethyl adjacent to an activating group) is 1. The van der Waals surface area contributed by atoms with E-state index in [1.807, 2.05) is 0 Å². The minimum Gasteiger partial charge on any atom is -0.465 e. The molecule has 2 unspecified atom stereocenters. The third kappa shape index (κ3) is 3.72. The number of furan rings is 1. The summed E-state index contributed by atoms with van der Waals surface area (Å²) in [7, 11) is -1.53. The smallest absolute Gasteiger partial charge is 0.267 e. The molecule has 0 spiro atoms. The molecule has 0 aliphatic carbocycles. The minimum atomic E-state index is -3.10. The van der Waals surface area contributed by atoms with Crippen molar-refractivity contribution in [1.29, 1.82) is 0 Å². The van der Waals surface area contributed by atoms with Crippen molar-refractivity contribution in [2.45, 2.75) is 25.4 Å². The molecule has 26 heavy (non-hydrogen) atoms. The fraction of sp³-hybridized carbons (Fsp3) is 0.438. The lowest BCUT2D eigenvalue weighted by molar-refractivity contribution is -0.139. The van der Waals surface area contributed by atoms with Gasteiger partial charge >= 0.3 is 0 Å². The predicted molar refractivity (Wildman–Crippen MR) is 103 cm³/mol. The van der Waals surface area contributed by atoms with Crippen molar-refractivity contribution in [1.82, 2.24) is 9.80 Å². The number of amides is 2. The van der Waals surface area contributed by atoms with E-state index >= 15 is 0 Å². The molecule has 7 nitrogen and oxygen atoms in total. The van der Waals surface area contributed by atoms with Gasteiger partial charge in [0.05, 0.1) is 22.7 Å². The molecular formula is C16H18N2O5S3. The average molecular weight is 415 g/mol. The van der Waals surface area contributed by atoms with Crippen molar-refractivity contribution in [2.24, 2.45) is 0 Å². The molecule has 10 heteroatoms. The summed E-state index contributed by atoms with van der Waals surface area (Å²) in [5.41, 5.74) is 0. The van der Waals surface area contributed by atoms with Gasteiger partial charge in [0.25, 0.3) is 5.91 Å². The molecule has 0 N–H and O–H groups in total. The molecule has 2 fully saturated rings. The third-order valence-electron chi connectivity index (χ3n) is 4.49. The summed E-state index contributed by atoms with van der Waals surface area (Å²) in [5, 5.41) is 0. The van der Waals surface area contributed by atoms with Crippen LogP contribution in [0.1, 0.15) is 19.1 Å². The van der Waals surface area contributed by atoms with Gasteiger partial charge < -0.3 is 9.32 Å². The fourth-order valence-electron chi connectivity index (χ4n) is 2.98. The van der Waals surface area contributed by atoms with Crippen molar-refractivity contribution in [3.63, 3.8) is 0 Å². The molecule has 0 saturated carbocycles. The maximum Gasteiger partial charge on any atom is 0.267 e. The Hall–Kier alpha value is -1.65. The topological polar surface area (TPSA) is 87.9 Å². The molecule has 2 saturated heterocycles. The minimum absolute atomic E-state index is 0.0429. The summed E-state index contributed by atoms with van der Waals surface area (Å²) in [5.74, 6) is -0.125. The van der Waals surface area contributed by atoms with Gasteiger partial charge in [-0.2, -0.15) is 0 Å². The molecule has 3 heterocycles. The Morgan fingerprint density at radius 3 is 2.85 bits per heavy atom. The van der Waals surface area contributed by atoms with Gasteiger partial charge in [-0.1, -0.05) is 24.0 Å². The van der Waals surface area contributed by atoms with Gasteiger partial charge in [-0.25, -0.2) is 8.42 Å². The maximum absolute atomic E-state index is 12.8. The van der Waals surface area contributed by atoms with Crippen molar-refractivity contribution >= 4 is 56.0 Å². The third-order valence-corrected chi connectivity index (χ3v) is 7.57. The van der Waals surface area contributed by atoms with E-state index in [1.54, 1.807) is 32.2 Å². The van der Waals surface area contributed by atoms with Crippen LogP contribution in [0.2, 0.25) is 0 Å². The quantitative estimate of drug-likeness (QED) is 0.545. The van der Waals surface area contributed by atoms with Crippen molar-refractivity contribution in [3.05, 3.63) is 29.1 Å². The molecule has 2 amide bonds. The SMILES string of the molecule is CC(C(=O)N(C)C1CCS(=O)(=O)C1)N1C(=O)C(=Cc2ccco2)SC1=S. The van der Waals surface area contributed by atoms with Crippen molar-refractivity contribution in [2.75, 3.05) is 18.6 Å². The Morgan fingerprint density at radius 2 is 2.27 bits per heavy atom. The van der Waals surface area contributed by atoms with E-state index in [0.717, 1.165) is 11.8 Å². The van der Waals surface area contributed by atoms with Crippen LogP contribution in [0.25, 0.3) is 6.08 Å². The molecule has 0 aromatic carbocycles. The first-order valence-electron chi connectivity index (χ1n) is 7.97. The van der Waals surface area contributed by atoms with Crippen LogP contribution in [0.5, 0.6) is 0 Å². The number of thioether (sulfide) groups is 1. The van der Waals surface area contributed by atoms with E-state index in [0.29, 0.717) is 21.4 Å². The second-order valence-corrected chi connectivity index (χ2v) is 10.2. The number of nitrogens with zero attached hydrogens (tertiary/aromatic N) is 2. The van der Waals surface area contributed by atoms with Crippen molar-refractivity contribution < 1.29 is 22.4 Å². The number of hydrogen-bond donors (Lipinski definition) is 0. The van der Waals surface area contributed by atoms with Crippen LogP contribution < -0.4 is 0 Å². The Balaban J connectivity index is 1.74. The summed E-state index contributed by atoms with van der Waals surface area (Å²) in [6, 6.07) is 2.25. The van der Waals surface area contributed by atoms with Gasteiger partial charge in [0.1, 0.15) is 16.1 Å². The second-order valence-electron chi connectivity index (χ2n) is 6.25. The normalized spacial score (nSPS) is 25.1. The van der Waals surface area contributed by atoms with Crippen LogP contribution in [-0.2, 0) is 19.4 Å². The summed E-state index contributed by atoms with van der Waals surface area (Å²) in [6.45, 7) is 1.60. The lowest BCUT2D eigenvalue weighted by atomic mass is 10.2. The zero-order valence-electron chi connectivity index (χ0n) is 14.2. The van der Waals surface area contributed by atoms with Crippen LogP contribution in [-0.4, -0.2) is 65.0 Å². The molecular weight excluding hydrogens is 396 g/mol. The zero-order valence-corrected chi connectivity index (χ0v) is 16.7. The summed E-state index contributed by atoms with van der Waals surface area (Å²) >= 11 is 6.39. The van der Waals surface area contributed by atoms with Crippen LogP contribution in [0.4, 0.5) is 0 Å². The summed E-state index contributed by atoms with van der Waals surface area (Å²) in [6.07, 6.45) is 3.50.